The van der Waals surface area contributed by atoms with Crippen LogP contribution in [0, 0.1) is 0 Å². The van der Waals surface area contributed by atoms with E-state index in [1.807, 2.05) is 30.3 Å². The summed E-state index contributed by atoms with van der Waals surface area (Å²) in [6.45, 7) is 1.05. The summed E-state index contributed by atoms with van der Waals surface area (Å²) < 4.78 is 5.95. The van der Waals surface area contributed by atoms with Crippen LogP contribution in [0.25, 0.3) is 0 Å². The van der Waals surface area contributed by atoms with Gasteiger partial charge < -0.3 is 4.74 Å². The third-order valence-corrected chi connectivity index (χ3v) is 3.68. The number of benzene rings is 1. The van der Waals surface area contributed by atoms with Crippen molar-refractivity contribution in [3.05, 3.63) is 58.3 Å². The fourth-order valence-corrected chi connectivity index (χ4v) is 2.58. The first-order chi connectivity index (χ1) is 10.1. The van der Waals surface area contributed by atoms with Crippen molar-refractivity contribution in [3.63, 3.8) is 0 Å². The van der Waals surface area contributed by atoms with E-state index in [1.54, 1.807) is 31.5 Å². The molecule has 0 spiro atoms. The lowest BCUT2D eigenvalue weighted by molar-refractivity contribution is 0.0943. The van der Waals surface area contributed by atoms with Gasteiger partial charge in [-0.15, -0.1) is 0 Å². The van der Waals surface area contributed by atoms with Crippen molar-refractivity contribution in [2.45, 2.75) is 6.54 Å². The maximum atomic E-state index is 12.3. The molecule has 0 aliphatic rings. The number of hydrogen-bond donors (Lipinski definition) is 0. The molecule has 0 atom stereocenters. The number of pyridine rings is 1. The highest BCUT2D eigenvalue weighted by molar-refractivity contribution is 9.10. The highest BCUT2D eigenvalue weighted by atomic mass is 79.9. The second-order valence-corrected chi connectivity index (χ2v) is 5.66. The predicted octanol–water partition coefficient (Wildman–Crippen LogP) is 3.17. The van der Waals surface area contributed by atoms with Gasteiger partial charge in [0, 0.05) is 24.5 Å². The summed E-state index contributed by atoms with van der Waals surface area (Å²) in [7, 11) is 3.52. The number of likely N-dealkylation sites (N-methyl/N-ethyl adjacent to an activating group) is 1. The summed E-state index contributed by atoms with van der Waals surface area (Å²) in [5.74, 6) is 0.792. The molecule has 0 fully saturated rings. The Morgan fingerprint density at radius 2 is 2.19 bits per heavy atom. The molecule has 0 N–H and O–H groups in total. The summed E-state index contributed by atoms with van der Waals surface area (Å²) >= 11 is 3.40. The highest BCUT2D eigenvalue weighted by Gasteiger charge is 2.12. The maximum absolute atomic E-state index is 12.3. The quantitative estimate of drug-likeness (QED) is 0.752. The Bertz CT molecular complexity index is 617. The topological polar surface area (TPSA) is 42.4 Å². The van der Waals surface area contributed by atoms with E-state index in [-0.39, 0.29) is 5.78 Å². The average molecular weight is 349 g/mol. The molecule has 1 aromatic heterocycles. The number of carbonyl (C=O) groups is 1. The molecular weight excluding hydrogens is 332 g/mol. The van der Waals surface area contributed by atoms with Gasteiger partial charge in [-0.2, -0.15) is 0 Å². The SMILES string of the molecule is COc1ccc(C(=O)CN(C)Cc2cccnc2)cc1Br. The van der Waals surface area contributed by atoms with Crippen LogP contribution in [-0.2, 0) is 6.54 Å². The number of rotatable bonds is 6. The number of hydrogen-bond acceptors (Lipinski definition) is 4. The van der Waals surface area contributed by atoms with Gasteiger partial charge in [-0.05, 0) is 52.8 Å². The minimum atomic E-state index is 0.0738. The zero-order valence-electron chi connectivity index (χ0n) is 12.0. The van der Waals surface area contributed by atoms with E-state index in [1.165, 1.54) is 0 Å². The molecule has 4 nitrogen and oxygen atoms in total. The Morgan fingerprint density at radius 1 is 1.38 bits per heavy atom. The first-order valence-electron chi connectivity index (χ1n) is 6.54. The number of aromatic nitrogens is 1. The summed E-state index contributed by atoms with van der Waals surface area (Å²) in [5.41, 5.74) is 1.75. The van der Waals surface area contributed by atoms with Crippen LogP contribution in [0.2, 0.25) is 0 Å². The number of carbonyl (C=O) groups excluding carboxylic acids is 1. The zero-order valence-corrected chi connectivity index (χ0v) is 13.6. The third-order valence-electron chi connectivity index (χ3n) is 3.06. The van der Waals surface area contributed by atoms with Crippen LogP contribution >= 0.6 is 15.9 Å². The predicted molar refractivity (Wildman–Crippen MR) is 85.6 cm³/mol. The maximum Gasteiger partial charge on any atom is 0.176 e. The Hall–Kier alpha value is -1.72. The molecule has 0 bridgehead atoms. The zero-order chi connectivity index (χ0) is 15.2. The standard InChI is InChI=1S/C16H17BrN2O2/c1-19(10-12-4-3-7-18-9-12)11-15(20)13-5-6-16(21-2)14(17)8-13/h3-9H,10-11H2,1-2H3. The summed E-state index contributed by atoms with van der Waals surface area (Å²) in [5, 5.41) is 0. The lowest BCUT2D eigenvalue weighted by Crippen LogP contribution is -2.25. The van der Waals surface area contributed by atoms with E-state index in [0.717, 1.165) is 15.8 Å². The van der Waals surface area contributed by atoms with Gasteiger partial charge in [0.05, 0.1) is 18.1 Å². The first-order valence-corrected chi connectivity index (χ1v) is 7.33. The van der Waals surface area contributed by atoms with Gasteiger partial charge in [-0.25, -0.2) is 0 Å². The highest BCUT2D eigenvalue weighted by Crippen LogP contribution is 2.25. The van der Waals surface area contributed by atoms with Crippen molar-refractivity contribution in [1.29, 1.82) is 0 Å². The number of nitrogens with zero attached hydrogens (tertiary/aromatic N) is 2. The summed E-state index contributed by atoms with van der Waals surface area (Å²) in [4.78, 5) is 18.3. The molecule has 0 aliphatic carbocycles. The van der Waals surface area contributed by atoms with E-state index < -0.39 is 0 Å². The van der Waals surface area contributed by atoms with Gasteiger partial charge in [-0.3, -0.25) is 14.7 Å². The fourth-order valence-electron chi connectivity index (χ4n) is 2.04. The van der Waals surface area contributed by atoms with Gasteiger partial charge in [0.1, 0.15) is 5.75 Å². The van der Waals surface area contributed by atoms with E-state index in [4.69, 9.17) is 4.74 Å². The number of methoxy groups -OCH3 is 1. The van der Waals surface area contributed by atoms with Crippen molar-refractivity contribution < 1.29 is 9.53 Å². The number of halogens is 1. The van der Waals surface area contributed by atoms with Gasteiger partial charge in [-0.1, -0.05) is 6.07 Å². The normalized spacial score (nSPS) is 10.7. The van der Waals surface area contributed by atoms with Crippen molar-refractivity contribution in [2.24, 2.45) is 0 Å². The van der Waals surface area contributed by atoms with Crippen LogP contribution in [-0.4, -0.2) is 36.4 Å². The van der Waals surface area contributed by atoms with E-state index >= 15 is 0 Å². The van der Waals surface area contributed by atoms with Crippen molar-refractivity contribution in [2.75, 3.05) is 20.7 Å². The molecule has 0 saturated carbocycles. The Kier molecular flexibility index (Phi) is 5.47. The minimum Gasteiger partial charge on any atom is -0.496 e. The van der Waals surface area contributed by atoms with Gasteiger partial charge >= 0.3 is 0 Å². The van der Waals surface area contributed by atoms with Crippen molar-refractivity contribution >= 4 is 21.7 Å². The van der Waals surface area contributed by atoms with Crippen molar-refractivity contribution in [1.82, 2.24) is 9.88 Å². The molecule has 0 unspecified atom stereocenters. The molecule has 0 saturated heterocycles. The third kappa shape index (κ3) is 4.37. The number of ether oxygens (including phenoxy) is 1. The van der Waals surface area contributed by atoms with Gasteiger partial charge in [0.2, 0.25) is 0 Å². The first kappa shape index (κ1) is 15.7. The van der Waals surface area contributed by atoms with Crippen LogP contribution in [0.5, 0.6) is 5.75 Å². The Labute approximate surface area is 132 Å². The minimum absolute atomic E-state index is 0.0738. The second-order valence-electron chi connectivity index (χ2n) is 4.81. The number of ketones is 1. The average Bonchev–Trinajstić information content (AvgIpc) is 2.48. The van der Waals surface area contributed by atoms with Crippen LogP contribution in [0.4, 0.5) is 0 Å². The van der Waals surface area contributed by atoms with Crippen LogP contribution in [0.3, 0.4) is 0 Å². The van der Waals surface area contributed by atoms with Gasteiger partial charge in [0.15, 0.2) is 5.78 Å². The summed E-state index contributed by atoms with van der Waals surface area (Å²) in [6, 6.07) is 9.25. The second kappa shape index (κ2) is 7.33. The molecule has 1 aromatic carbocycles. The molecule has 5 heteroatoms. The van der Waals surface area contributed by atoms with Gasteiger partial charge in [0.25, 0.3) is 0 Å². The molecule has 1 heterocycles. The Morgan fingerprint density at radius 3 is 2.81 bits per heavy atom. The van der Waals surface area contributed by atoms with E-state index in [0.29, 0.717) is 18.7 Å². The molecule has 0 aliphatic heterocycles. The lowest BCUT2D eigenvalue weighted by atomic mass is 10.1. The Balaban J connectivity index is 1.99. The molecule has 110 valence electrons. The molecular formula is C16H17BrN2O2. The molecule has 2 aromatic rings. The molecule has 2 rings (SSSR count). The molecule has 0 amide bonds. The van der Waals surface area contributed by atoms with Crippen LogP contribution in [0.15, 0.2) is 47.2 Å². The largest absolute Gasteiger partial charge is 0.496 e. The fraction of sp³-hybridized carbons (Fsp3) is 0.250. The monoisotopic (exact) mass is 348 g/mol. The molecule has 21 heavy (non-hydrogen) atoms. The van der Waals surface area contributed by atoms with Crippen LogP contribution < -0.4 is 4.74 Å². The molecule has 0 radical (unpaired) electrons. The van der Waals surface area contributed by atoms with Crippen molar-refractivity contribution in [3.8, 4) is 5.75 Å². The lowest BCUT2D eigenvalue weighted by Gasteiger charge is -2.16. The summed E-state index contributed by atoms with van der Waals surface area (Å²) in [6.07, 6.45) is 3.55. The van der Waals surface area contributed by atoms with Crippen LogP contribution in [0.1, 0.15) is 15.9 Å². The van der Waals surface area contributed by atoms with E-state index in [9.17, 15) is 4.79 Å². The van der Waals surface area contributed by atoms with E-state index in [2.05, 4.69) is 20.9 Å². The smallest absolute Gasteiger partial charge is 0.176 e. The number of Topliss-reactive ketones (excluding diaryl/α,β-unsaturated/α-hetero) is 1.